The fraction of sp³-hybridized carbons (Fsp3) is 0.150. The molecule has 0 spiro atoms. The first-order chi connectivity index (χ1) is 13.1. The van der Waals surface area contributed by atoms with Crippen molar-refractivity contribution in [3.63, 3.8) is 0 Å². The van der Waals surface area contributed by atoms with Gasteiger partial charge in [-0.1, -0.05) is 41.7 Å². The summed E-state index contributed by atoms with van der Waals surface area (Å²) in [6, 6.07) is 16.3. The van der Waals surface area contributed by atoms with Gasteiger partial charge in [-0.15, -0.1) is 10.2 Å². The van der Waals surface area contributed by atoms with E-state index in [1.807, 2.05) is 45.3 Å². The zero-order chi connectivity index (χ0) is 18.5. The van der Waals surface area contributed by atoms with Gasteiger partial charge in [-0.2, -0.15) is 9.61 Å². The van der Waals surface area contributed by atoms with E-state index in [4.69, 9.17) is 9.52 Å². The minimum Gasteiger partial charge on any atom is -0.452 e. The Bertz CT molecular complexity index is 1280. The number of fused-ring (bicyclic) bond motifs is 2. The lowest BCUT2D eigenvalue weighted by molar-refractivity contribution is 0.619. The van der Waals surface area contributed by atoms with Gasteiger partial charge in [0.2, 0.25) is 10.8 Å². The van der Waals surface area contributed by atoms with Crippen molar-refractivity contribution in [1.29, 1.82) is 0 Å². The maximum atomic E-state index is 6.05. The Balaban J connectivity index is 1.65. The van der Waals surface area contributed by atoms with E-state index in [9.17, 15) is 0 Å². The third kappa shape index (κ3) is 2.50. The van der Waals surface area contributed by atoms with Crippen molar-refractivity contribution in [2.24, 2.45) is 0 Å². The van der Waals surface area contributed by atoms with E-state index in [2.05, 4.69) is 39.4 Å². The Morgan fingerprint density at radius 3 is 2.70 bits per heavy atom. The number of aryl methyl sites for hydroxylation is 1. The van der Waals surface area contributed by atoms with Crippen molar-refractivity contribution in [3.8, 4) is 22.2 Å². The molecule has 0 N–H and O–H groups in total. The Morgan fingerprint density at radius 1 is 1.04 bits per heavy atom. The minimum atomic E-state index is 0.630. The average molecular weight is 375 g/mol. The fourth-order valence-electron chi connectivity index (χ4n) is 3.18. The molecule has 0 saturated carbocycles. The molecular formula is C20H17N5OS. The van der Waals surface area contributed by atoms with Gasteiger partial charge in [-0.25, -0.2) is 0 Å². The summed E-state index contributed by atoms with van der Waals surface area (Å²) in [5, 5.41) is 15.4. The first-order valence-corrected chi connectivity index (χ1v) is 9.42. The summed E-state index contributed by atoms with van der Waals surface area (Å²) < 4.78 is 7.82. The second kappa shape index (κ2) is 5.92. The smallest absolute Gasteiger partial charge is 0.235 e. The highest BCUT2D eigenvalue weighted by molar-refractivity contribution is 7.19. The van der Waals surface area contributed by atoms with Crippen LogP contribution < -0.4 is 4.90 Å². The highest BCUT2D eigenvalue weighted by Gasteiger charge is 2.20. The molecule has 5 rings (SSSR count). The van der Waals surface area contributed by atoms with Gasteiger partial charge in [0.25, 0.3) is 0 Å². The molecule has 0 radical (unpaired) electrons. The lowest BCUT2D eigenvalue weighted by atomic mass is 10.1. The van der Waals surface area contributed by atoms with Crippen molar-refractivity contribution >= 4 is 33.0 Å². The van der Waals surface area contributed by atoms with E-state index in [1.165, 1.54) is 11.3 Å². The molecule has 0 bridgehead atoms. The Morgan fingerprint density at radius 2 is 1.89 bits per heavy atom. The lowest BCUT2D eigenvalue weighted by Crippen LogP contribution is -2.08. The van der Waals surface area contributed by atoms with Gasteiger partial charge < -0.3 is 9.32 Å². The van der Waals surface area contributed by atoms with Gasteiger partial charge >= 0.3 is 0 Å². The molecule has 0 fully saturated rings. The van der Waals surface area contributed by atoms with E-state index in [1.54, 1.807) is 4.52 Å². The number of hydrogen-bond acceptors (Lipinski definition) is 6. The molecule has 3 aromatic heterocycles. The number of nitrogens with zero attached hydrogens (tertiary/aromatic N) is 5. The third-order valence-corrected chi connectivity index (χ3v) is 5.60. The first-order valence-electron chi connectivity index (χ1n) is 8.60. The van der Waals surface area contributed by atoms with Crippen molar-refractivity contribution in [2.75, 3.05) is 19.0 Å². The van der Waals surface area contributed by atoms with Gasteiger partial charge in [-0.05, 0) is 25.1 Å². The van der Waals surface area contributed by atoms with Crippen molar-refractivity contribution in [1.82, 2.24) is 19.8 Å². The molecule has 0 saturated heterocycles. The topological polar surface area (TPSA) is 59.5 Å². The van der Waals surface area contributed by atoms with Gasteiger partial charge in [0, 0.05) is 36.3 Å². The molecule has 0 unspecified atom stereocenters. The van der Waals surface area contributed by atoms with Crippen molar-refractivity contribution < 1.29 is 4.42 Å². The first kappa shape index (κ1) is 16.0. The molecule has 3 heterocycles. The molecule has 27 heavy (non-hydrogen) atoms. The molecule has 0 aliphatic carbocycles. The maximum absolute atomic E-state index is 6.05. The van der Waals surface area contributed by atoms with Crippen LogP contribution in [-0.2, 0) is 0 Å². The molecule has 0 amide bonds. The molecular weight excluding hydrogens is 358 g/mol. The van der Waals surface area contributed by atoms with Crippen LogP contribution in [0.4, 0.5) is 5.69 Å². The van der Waals surface area contributed by atoms with Crippen LogP contribution in [0.2, 0.25) is 0 Å². The van der Waals surface area contributed by atoms with Gasteiger partial charge in [0.15, 0.2) is 5.76 Å². The summed E-state index contributed by atoms with van der Waals surface area (Å²) in [6.45, 7) is 2.04. The largest absolute Gasteiger partial charge is 0.452 e. The lowest BCUT2D eigenvalue weighted by Gasteiger charge is -2.12. The standard InChI is InChI=1S/C20H17N5OS/c1-12-15-9-4-5-10-16(15)26-17(12)18-21-22-20-25(18)23-19(27-20)13-7-6-8-14(11-13)24(2)3/h4-11H,1-3H3. The zero-order valence-electron chi connectivity index (χ0n) is 15.2. The Hall–Kier alpha value is -3.19. The van der Waals surface area contributed by atoms with E-state index >= 15 is 0 Å². The van der Waals surface area contributed by atoms with Crippen LogP contribution in [0.1, 0.15) is 5.56 Å². The maximum Gasteiger partial charge on any atom is 0.235 e. The van der Waals surface area contributed by atoms with Crippen LogP contribution in [0.15, 0.2) is 52.9 Å². The quantitative estimate of drug-likeness (QED) is 0.460. The van der Waals surface area contributed by atoms with Crippen LogP contribution in [0.25, 0.3) is 38.1 Å². The molecule has 0 aliphatic rings. The normalized spacial score (nSPS) is 11.5. The average Bonchev–Trinajstić information content (AvgIpc) is 3.35. The zero-order valence-corrected chi connectivity index (χ0v) is 16.0. The molecule has 0 atom stereocenters. The summed E-state index contributed by atoms with van der Waals surface area (Å²) in [5.41, 5.74) is 4.08. The Kier molecular flexibility index (Phi) is 3.51. The van der Waals surface area contributed by atoms with Crippen LogP contribution in [0.3, 0.4) is 0 Å². The molecule has 6 nitrogen and oxygen atoms in total. The molecule has 134 valence electrons. The molecule has 7 heteroatoms. The monoisotopic (exact) mass is 375 g/mol. The Labute approximate surface area is 159 Å². The van der Waals surface area contributed by atoms with Gasteiger partial charge in [0.1, 0.15) is 10.6 Å². The third-order valence-electron chi connectivity index (χ3n) is 4.65. The highest BCUT2D eigenvalue weighted by Crippen LogP contribution is 2.34. The fourth-order valence-corrected chi connectivity index (χ4v) is 4.02. The summed E-state index contributed by atoms with van der Waals surface area (Å²) in [6.07, 6.45) is 0. The number of furan rings is 1. The number of aromatic nitrogens is 4. The van der Waals surface area contributed by atoms with E-state index in [-0.39, 0.29) is 0 Å². The van der Waals surface area contributed by atoms with Crippen molar-refractivity contribution in [2.45, 2.75) is 6.92 Å². The minimum absolute atomic E-state index is 0.630. The summed E-state index contributed by atoms with van der Waals surface area (Å²) >= 11 is 1.52. The predicted octanol–water partition coefficient (Wildman–Crippen LogP) is 4.64. The SMILES string of the molecule is Cc1c(-c2nnc3sc(-c4cccc(N(C)C)c4)nn23)oc2ccccc12. The van der Waals surface area contributed by atoms with Crippen molar-refractivity contribution in [3.05, 3.63) is 54.1 Å². The number of para-hydroxylation sites is 1. The number of benzene rings is 2. The number of rotatable bonds is 3. The number of hydrogen-bond donors (Lipinski definition) is 0. The summed E-state index contributed by atoms with van der Waals surface area (Å²) in [4.78, 5) is 2.82. The summed E-state index contributed by atoms with van der Waals surface area (Å²) in [5.74, 6) is 1.34. The van der Waals surface area contributed by atoms with Gasteiger partial charge in [0.05, 0.1) is 0 Å². The van der Waals surface area contributed by atoms with E-state index in [0.717, 1.165) is 37.8 Å². The van der Waals surface area contributed by atoms with Crippen LogP contribution >= 0.6 is 11.3 Å². The second-order valence-electron chi connectivity index (χ2n) is 6.62. The second-order valence-corrected chi connectivity index (χ2v) is 7.58. The predicted molar refractivity (Wildman–Crippen MR) is 108 cm³/mol. The molecule has 0 aliphatic heterocycles. The number of anilines is 1. The van der Waals surface area contributed by atoms with Crippen LogP contribution in [0.5, 0.6) is 0 Å². The van der Waals surface area contributed by atoms with Crippen LogP contribution in [-0.4, -0.2) is 33.9 Å². The van der Waals surface area contributed by atoms with Gasteiger partial charge in [-0.3, -0.25) is 0 Å². The summed E-state index contributed by atoms with van der Waals surface area (Å²) in [7, 11) is 4.06. The van der Waals surface area contributed by atoms with E-state index < -0.39 is 0 Å². The molecule has 2 aromatic carbocycles. The highest BCUT2D eigenvalue weighted by atomic mass is 32.1. The molecule has 5 aromatic rings. The van der Waals surface area contributed by atoms with Crippen LogP contribution in [0, 0.1) is 6.92 Å². The van der Waals surface area contributed by atoms with E-state index in [0.29, 0.717) is 11.6 Å².